The van der Waals surface area contributed by atoms with Crippen LogP contribution in [0.15, 0.2) is 12.2 Å². The predicted octanol–water partition coefficient (Wildman–Crippen LogP) is 1.78. The van der Waals surface area contributed by atoms with Crippen molar-refractivity contribution in [2.75, 3.05) is 13.2 Å². The molecule has 10 unspecified atom stereocenters. The number of carbonyl (C=O) groups excluding carboxylic acids is 3. The molecule has 0 aromatic carbocycles. The largest absolute Gasteiger partial charge is 0.481 e. The molecule has 0 aliphatic heterocycles. The molecule has 2 spiro atoms. The van der Waals surface area contributed by atoms with Gasteiger partial charge in [0.15, 0.2) is 0 Å². The molecule has 5 fully saturated rings. The SMILES string of the molecule is C=C(C)C(=O)OCCOC(=O)C1C(C(=O)O)C2CC1C1(CCC3(CC4CC3C(C(=O)O)C4C(=O)O)C1=O)C2. The molecule has 5 saturated carbocycles. The van der Waals surface area contributed by atoms with Gasteiger partial charge < -0.3 is 24.8 Å². The van der Waals surface area contributed by atoms with E-state index >= 15 is 0 Å². The number of esters is 2. The van der Waals surface area contributed by atoms with Crippen LogP contribution in [0.2, 0.25) is 0 Å². The molecule has 10 atom stereocenters. The van der Waals surface area contributed by atoms with Crippen LogP contribution in [-0.4, -0.2) is 64.2 Å². The van der Waals surface area contributed by atoms with Crippen LogP contribution in [0.5, 0.6) is 0 Å². The summed E-state index contributed by atoms with van der Waals surface area (Å²) in [5, 5.41) is 29.5. The number of carbonyl (C=O) groups is 6. The third-order valence-electron chi connectivity index (χ3n) is 10.4. The topological polar surface area (TPSA) is 182 Å². The second-order valence-electron chi connectivity index (χ2n) is 12.0. The van der Waals surface area contributed by atoms with E-state index < -0.39 is 88.0 Å². The number of carboxylic acid groups (broad SMARTS) is 3. The molecule has 3 N–H and O–H groups in total. The van der Waals surface area contributed by atoms with Gasteiger partial charge in [-0.15, -0.1) is 0 Å². The van der Waals surface area contributed by atoms with Crippen molar-refractivity contribution in [3.8, 4) is 0 Å². The van der Waals surface area contributed by atoms with E-state index in [2.05, 4.69) is 6.58 Å². The minimum Gasteiger partial charge on any atom is -0.481 e. The Morgan fingerprint density at radius 1 is 0.789 bits per heavy atom. The number of aliphatic carboxylic acids is 3. The number of ether oxygens (including phenoxy) is 2. The molecule has 5 aliphatic rings. The summed E-state index contributed by atoms with van der Waals surface area (Å²) in [5.74, 6) is -11.1. The molecule has 38 heavy (non-hydrogen) atoms. The zero-order chi connectivity index (χ0) is 27.7. The van der Waals surface area contributed by atoms with E-state index in [-0.39, 0.29) is 24.6 Å². The Bertz CT molecular complexity index is 1140. The van der Waals surface area contributed by atoms with Crippen LogP contribution in [0.4, 0.5) is 0 Å². The number of ketones is 1. The van der Waals surface area contributed by atoms with Crippen LogP contribution in [-0.2, 0) is 38.2 Å². The highest BCUT2D eigenvalue weighted by Crippen LogP contribution is 2.74. The Morgan fingerprint density at radius 2 is 1.24 bits per heavy atom. The van der Waals surface area contributed by atoms with E-state index in [4.69, 9.17) is 9.47 Å². The van der Waals surface area contributed by atoms with Gasteiger partial charge in [0.05, 0.1) is 23.7 Å². The van der Waals surface area contributed by atoms with Crippen molar-refractivity contribution in [2.24, 2.45) is 58.2 Å². The smallest absolute Gasteiger partial charge is 0.333 e. The molecule has 11 heteroatoms. The van der Waals surface area contributed by atoms with Gasteiger partial charge in [-0.25, -0.2) is 4.79 Å². The van der Waals surface area contributed by atoms with E-state index in [1.165, 1.54) is 6.92 Å². The van der Waals surface area contributed by atoms with Gasteiger partial charge in [-0.1, -0.05) is 6.58 Å². The summed E-state index contributed by atoms with van der Waals surface area (Å²) in [4.78, 5) is 75.2. The van der Waals surface area contributed by atoms with Crippen molar-refractivity contribution < 1.29 is 53.6 Å². The summed E-state index contributed by atoms with van der Waals surface area (Å²) < 4.78 is 10.3. The highest BCUT2D eigenvalue weighted by molar-refractivity contribution is 5.97. The molecular weight excluding hydrogens is 500 g/mol. The lowest BCUT2D eigenvalue weighted by Crippen LogP contribution is -2.51. The van der Waals surface area contributed by atoms with Crippen molar-refractivity contribution in [3.05, 3.63) is 12.2 Å². The molecule has 0 aromatic rings. The molecule has 0 saturated heterocycles. The Hall–Kier alpha value is -3.24. The highest BCUT2D eigenvalue weighted by atomic mass is 16.6. The number of hydrogen-bond donors (Lipinski definition) is 3. The summed E-state index contributed by atoms with van der Waals surface area (Å²) >= 11 is 0. The Labute approximate surface area is 218 Å². The molecular formula is C27H32O11. The van der Waals surface area contributed by atoms with Gasteiger partial charge in [0.25, 0.3) is 0 Å². The van der Waals surface area contributed by atoms with E-state index in [1.54, 1.807) is 0 Å². The highest BCUT2D eigenvalue weighted by Gasteiger charge is 2.76. The fraction of sp³-hybridized carbons (Fsp3) is 0.704. The van der Waals surface area contributed by atoms with Crippen LogP contribution < -0.4 is 0 Å². The van der Waals surface area contributed by atoms with Gasteiger partial charge in [-0.05, 0) is 69.1 Å². The van der Waals surface area contributed by atoms with Crippen molar-refractivity contribution >= 4 is 35.6 Å². The lowest BCUT2D eigenvalue weighted by molar-refractivity contribution is -0.168. The third kappa shape index (κ3) is 3.53. The first-order chi connectivity index (χ1) is 17.9. The van der Waals surface area contributed by atoms with Crippen LogP contribution in [0.3, 0.4) is 0 Å². The summed E-state index contributed by atoms with van der Waals surface area (Å²) in [7, 11) is 0. The summed E-state index contributed by atoms with van der Waals surface area (Å²) in [6, 6.07) is 0. The van der Waals surface area contributed by atoms with Gasteiger partial charge in [-0.2, -0.15) is 0 Å². The molecule has 5 aliphatic carbocycles. The summed E-state index contributed by atoms with van der Waals surface area (Å²) in [6.07, 6.45) is 2.25. The second kappa shape index (κ2) is 8.91. The van der Waals surface area contributed by atoms with Crippen molar-refractivity contribution in [1.29, 1.82) is 0 Å². The normalized spacial score (nSPS) is 42.1. The van der Waals surface area contributed by atoms with Crippen molar-refractivity contribution in [3.63, 3.8) is 0 Å². The number of carboxylic acids is 3. The van der Waals surface area contributed by atoms with Gasteiger partial charge >= 0.3 is 29.8 Å². The van der Waals surface area contributed by atoms with Crippen LogP contribution in [0.25, 0.3) is 0 Å². The first-order valence-electron chi connectivity index (χ1n) is 13.1. The lowest BCUT2D eigenvalue weighted by Gasteiger charge is -2.43. The zero-order valence-corrected chi connectivity index (χ0v) is 21.1. The molecule has 5 rings (SSSR count). The van der Waals surface area contributed by atoms with Crippen LogP contribution in [0.1, 0.15) is 45.4 Å². The first kappa shape index (κ1) is 26.4. The third-order valence-corrected chi connectivity index (χ3v) is 10.4. The van der Waals surface area contributed by atoms with Gasteiger partial charge in [0.2, 0.25) is 0 Å². The molecule has 0 amide bonds. The Balaban J connectivity index is 1.37. The lowest BCUT2D eigenvalue weighted by atomic mass is 9.58. The standard InChI is InChI=1S/C27H32O11/c1-11(2)23(34)37-5-6-38-24(35)19-15-8-13(17(19)21(30)31)10-27(15)4-3-26(25(27)36)9-12-7-14(26)18(22(32)33)16(12)20(28)29/h12-19H,1,3-10H2,2H3,(H,28,29)(H,30,31)(H,32,33). The number of Topliss-reactive ketones (excluding diaryl/α,β-unsaturated/α-hetero) is 1. The van der Waals surface area contributed by atoms with Gasteiger partial charge in [-0.3, -0.25) is 24.0 Å². The van der Waals surface area contributed by atoms with Crippen LogP contribution in [0, 0.1) is 58.2 Å². The van der Waals surface area contributed by atoms with E-state index in [0.717, 1.165) is 0 Å². The van der Waals surface area contributed by atoms with E-state index in [0.29, 0.717) is 38.5 Å². The van der Waals surface area contributed by atoms with Gasteiger partial charge in [0.1, 0.15) is 19.0 Å². The predicted molar refractivity (Wildman–Crippen MR) is 125 cm³/mol. The monoisotopic (exact) mass is 532 g/mol. The fourth-order valence-electron chi connectivity index (χ4n) is 9.23. The van der Waals surface area contributed by atoms with Crippen molar-refractivity contribution in [1.82, 2.24) is 0 Å². The maximum absolute atomic E-state index is 14.3. The molecule has 4 bridgehead atoms. The minimum absolute atomic E-state index is 0.114. The zero-order valence-electron chi connectivity index (χ0n) is 21.1. The number of rotatable bonds is 8. The number of hydrogen-bond acceptors (Lipinski definition) is 8. The molecule has 0 radical (unpaired) electrons. The Kier molecular flexibility index (Phi) is 6.18. The fourth-order valence-corrected chi connectivity index (χ4v) is 9.23. The number of fused-ring (bicyclic) bond motifs is 6. The average molecular weight is 533 g/mol. The quantitative estimate of drug-likeness (QED) is 0.235. The first-order valence-corrected chi connectivity index (χ1v) is 13.1. The molecule has 11 nitrogen and oxygen atoms in total. The maximum Gasteiger partial charge on any atom is 0.333 e. The minimum atomic E-state index is -1.20. The average Bonchev–Trinajstić information content (AvgIpc) is 3.64. The molecule has 0 heterocycles. The second-order valence-corrected chi connectivity index (χ2v) is 12.0. The van der Waals surface area contributed by atoms with Gasteiger partial charge in [0, 0.05) is 16.4 Å². The molecule has 0 aromatic heterocycles. The Morgan fingerprint density at radius 3 is 1.71 bits per heavy atom. The van der Waals surface area contributed by atoms with E-state index in [1.807, 2.05) is 0 Å². The van der Waals surface area contributed by atoms with Crippen molar-refractivity contribution in [2.45, 2.75) is 45.4 Å². The summed E-state index contributed by atoms with van der Waals surface area (Å²) in [5.41, 5.74) is -1.71. The van der Waals surface area contributed by atoms with Crippen LogP contribution >= 0.6 is 0 Å². The molecule has 206 valence electrons. The van der Waals surface area contributed by atoms with E-state index in [9.17, 15) is 44.1 Å². The maximum atomic E-state index is 14.3. The summed E-state index contributed by atoms with van der Waals surface area (Å²) in [6.45, 7) is 4.46.